The van der Waals surface area contributed by atoms with Gasteiger partial charge >= 0.3 is 6.18 Å². The minimum Gasteiger partial charge on any atom is -0.378 e. The van der Waals surface area contributed by atoms with Crippen molar-refractivity contribution in [3.63, 3.8) is 0 Å². The van der Waals surface area contributed by atoms with Crippen molar-refractivity contribution in [2.24, 2.45) is 0 Å². The smallest absolute Gasteiger partial charge is 0.378 e. The van der Waals surface area contributed by atoms with Crippen molar-refractivity contribution in [1.29, 1.82) is 0 Å². The molecule has 0 saturated heterocycles. The predicted octanol–water partition coefficient (Wildman–Crippen LogP) is 5.36. The summed E-state index contributed by atoms with van der Waals surface area (Å²) >= 11 is 0. The highest BCUT2D eigenvalue weighted by molar-refractivity contribution is 5.66. The zero-order valence-corrected chi connectivity index (χ0v) is 15.7. The number of alkyl halides is 3. The second-order valence-electron chi connectivity index (χ2n) is 6.42. The van der Waals surface area contributed by atoms with Gasteiger partial charge in [0.15, 0.2) is 0 Å². The van der Waals surface area contributed by atoms with Crippen LogP contribution in [0, 0.1) is 6.92 Å². The molecular formula is C20H20F3N5. The maximum absolute atomic E-state index is 13.2. The number of rotatable bonds is 5. The Morgan fingerprint density at radius 3 is 2.07 bits per heavy atom. The molecule has 8 heteroatoms. The van der Waals surface area contributed by atoms with Gasteiger partial charge in [-0.05, 0) is 43.3 Å². The number of hydrogen-bond donors (Lipinski definition) is 2. The Balaban J connectivity index is 1.84. The van der Waals surface area contributed by atoms with Crippen LogP contribution in [0.15, 0.2) is 54.6 Å². The van der Waals surface area contributed by atoms with Crippen LogP contribution in [-0.4, -0.2) is 24.1 Å². The molecule has 0 amide bonds. The van der Waals surface area contributed by atoms with Crippen molar-refractivity contribution in [3.05, 3.63) is 66.0 Å². The lowest BCUT2D eigenvalue weighted by Crippen LogP contribution is -2.09. The lowest BCUT2D eigenvalue weighted by molar-refractivity contribution is -0.136. The first-order chi connectivity index (χ1) is 13.2. The van der Waals surface area contributed by atoms with Crippen LogP contribution < -0.4 is 15.5 Å². The molecule has 3 rings (SSSR count). The minimum absolute atomic E-state index is 0.0608. The summed E-state index contributed by atoms with van der Waals surface area (Å²) in [7, 11) is 3.90. The molecule has 0 bridgehead atoms. The van der Waals surface area contributed by atoms with Crippen LogP contribution in [0.2, 0.25) is 0 Å². The number of aryl methyl sites for hydroxylation is 1. The molecule has 0 fully saturated rings. The largest absolute Gasteiger partial charge is 0.418 e. The zero-order chi connectivity index (χ0) is 20.3. The predicted molar refractivity (Wildman–Crippen MR) is 106 cm³/mol. The van der Waals surface area contributed by atoms with E-state index in [9.17, 15) is 13.2 Å². The highest BCUT2D eigenvalue weighted by Crippen LogP contribution is 2.35. The molecule has 3 aromatic rings. The SMILES string of the molecule is Cc1nc(Nc2ccc(N(C)C)cc2)cc(Nc2ccccc2C(F)(F)F)n1. The number of para-hydroxylation sites is 1. The summed E-state index contributed by atoms with van der Waals surface area (Å²) in [6.45, 7) is 1.68. The molecule has 0 atom stereocenters. The van der Waals surface area contributed by atoms with Crippen molar-refractivity contribution < 1.29 is 13.2 Å². The van der Waals surface area contributed by atoms with Gasteiger partial charge in [-0.15, -0.1) is 0 Å². The fraction of sp³-hybridized carbons (Fsp3) is 0.200. The van der Waals surface area contributed by atoms with Gasteiger partial charge in [0.1, 0.15) is 17.5 Å². The molecule has 1 heterocycles. The number of benzene rings is 2. The third-order valence-electron chi connectivity index (χ3n) is 3.99. The molecule has 0 radical (unpaired) electrons. The van der Waals surface area contributed by atoms with Crippen LogP contribution in [0.25, 0.3) is 0 Å². The van der Waals surface area contributed by atoms with E-state index in [1.54, 1.807) is 13.0 Å². The van der Waals surface area contributed by atoms with Crippen molar-refractivity contribution >= 4 is 28.7 Å². The number of anilines is 5. The topological polar surface area (TPSA) is 53.1 Å². The molecule has 146 valence electrons. The Morgan fingerprint density at radius 1 is 0.857 bits per heavy atom. The fourth-order valence-electron chi connectivity index (χ4n) is 2.66. The summed E-state index contributed by atoms with van der Waals surface area (Å²) in [6, 6.07) is 14.6. The molecule has 0 saturated carbocycles. The average molecular weight is 387 g/mol. The first-order valence-corrected chi connectivity index (χ1v) is 8.56. The van der Waals surface area contributed by atoms with E-state index in [1.165, 1.54) is 18.2 Å². The highest BCUT2D eigenvalue weighted by atomic mass is 19.4. The molecule has 5 nitrogen and oxygen atoms in total. The Morgan fingerprint density at radius 2 is 1.46 bits per heavy atom. The average Bonchev–Trinajstić information content (AvgIpc) is 2.61. The summed E-state index contributed by atoms with van der Waals surface area (Å²) in [5, 5.41) is 5.90. The molecular weight excluding hydrogens is 367 g/mol. The van der Waals surface area contributed by atoms with Crippen LogP contribution >= 0.6 is 0 Å². The molecule has 1 aromatic heterocycles. The monoisotopic (exact) mass is 387 g/mol. The molecule has 0 aliphatic rings. The maximum atomic E-state index is 13.2. The van der Waals surface area contributed by atoms with Gasteiger partial charge in [0.2, 0.25) is 0 Å². The summed E-state index contributed by atoms with van der Waals surface area (Å²) in [5.74, 6) is 1.19. The molecule has 2 aromatic carbocycles. The molecule has 2 N–H and O–H groups in total. The fourth-order valence-corrected chi connectivity index (χ4v) is 2.66. The Hall–Kier alpha value is -3.29. The van der Waals surface area contributed by atoms with Gasteiger partial charge in [-0.25, -0.2) is 9.97 Å². The quantitative estimate of drug-likeness (QED) is 0.618. The van der Waals surface area contributed by atoms with E-state index in [0.717, 1.165) is 17.4 Å². The lowest BCUT2D eigenvalue weighted by Gasteiger charge is -2.15. The first-order valence-electron chi connectivity index (χ1n) is 8.56. The zero-order valence-electron chi connectivity index (χ0n) is 15.7. The van der Waals surface area contributed by atoms with Crippen LogP contribution in [0.5, 0.6) is 0 Å². The van der Waals surface area contributed by atoms with Crippen molar-refractivity contribution in [3.8, 4) is 0 Å². The Bertz CT molecular complexity index is 953. The van der Waals surface area contributed by atoms with Gasteiger partial charge in [0, 0.05) is 31.5 Å². The van der Waals surface area contributed by atoms with Crippen LogP contribution in [0.1, 0.15) is 11.4 Å². The normalized spacial score (nSPS) is 11.2. The number of nitrogens with zero attached hydrogens (tertiary/aromatic N) is 3. The second kappa shape index (κ2) is 7.75. The van der Waals surface area contributed by atoms with E-state index in [4.69, 9.17) is 0 Å². The van der Waals surface area contributed by atoms with E-state index in [0.29, 0.717) is 11.6 Å². The summed E-state index contributed by atoms with van der Waals surface area (Å²) < 4.78 is 39.6. The number of nitrogens with one attached hydrogen (secondary N) is 2. The van der Waals surface area contributed by atoms with Crippen LogP contribution in [0.4, 0.5) is 41.9 Å². The Kier molecular flexibility index (Phi) is 5.39. The van der Waals surface area contributed by atoms with Crippen LogP contribution in [-0.2, 0) is 6.18 Å². The van der Waals surface area contributed by atoms with Gasteiger partial charge < -0.3 is 15.5 Å². The van der Waals surface area contributed by atoms with Crippen molar-refractivity contribution in [2.45, 2.75) is 13.1 Å². The molecule has 0 spiro atoms. The van der Waals surface area contributed by atoms with E-state index in [1.807, 2.05) is 43.3 Å². The maximum Gasteiger partial charge on any atom is 0.418 e. The van der Waals surface area contributed by atoms with Gasteiger partial charge in [-0.3, -0.25) is 0 Å². The molecule has 0 aliphatic carbocycles. The third kappa shape index (κ3) is 4.70. The van der Waals surface area contributed by atoms with Crippen molar-refractivity contribution in [2.75, 3.05) is 29.6 Å². The van der Waals surface area contributed by atoms with E-state index in [-0.39, 0.29) is 11.5 Å². The standard InChI is InChI=1S/C20H20F3N5/c1-13-24-18(26-14-8-10-15(11-9-14)28(2)3)12-19(25-13)27-17-7-5-4-6-16(17)20(21,22)23/h4-12H,1-3H3,(H2,24,25,26,27). The summed E-state index contributed by atoms with van der Waals surface area (Å²) in [4.78, 5) is 10.5. The summed E-state index contributed by atoms with van der Waals surface area (Å²) in [6.07, 6.45) is -4.46. The highest BCUT2D eigenvalue weighted by Gasteiger charge is 2.33. The molecule has 0 unspecified atom stereocenters. The number of hydrogen-bond acceptors (Lipinski definition) is 5. The molecule has 0 aliphatic heterocycles. The van der Waals surface area contributed by atoms with Crippen LogP contribution in [0.3, 0.4) is 0 Å². The summed E-state index contributed by atoms with van der Waals surface area (Å²) in [5.41, 5.74) is 1.05. The van der Waals surface area contributed by atoms with Gasteiger partial charge in [-0.1, -0.05) is 12.1 Å². The lowest BCUT2D eigenvalue weighted by atomic mass is 10.1. The first kappa shape index (κ1) is 19.5. The van der Waals surface area contributed by atoms with Crippen molar-refractivity contribution in [1.82, 2.24) is 9.97 Å². The molecule has 28 heavy (non-hydrogen) atoms. The Labute approximate surface area is 161 Å². The second-order valence-corrected chi connectivity index (χ2v) is 6.42. The number of aromatic nitrogens is 2. The third-order valence-corrected chi connectivity index (χ3v) is 3.99. The number of halogens is 3. The van der Waals surface area contributed by atoms with E-state index in [2.05, 4.69) is 20.6 Å². The van der Waals surface area contributed by atoms with Gasteiger partial charge in [0.05, 0.1) is 11.3 Å². The van der Waals surface area contributed by atoms with E-state index >= 15 is 0 Å². The van der Waals surface area contributed by atoms with Gasteiger partial charge in [0.25, 0.3) is 0 Å². The van der Waals surface area contributed by atoms with Gasteiger partial charge in [-0.2, -0.15) is 13.2 Å². The minimum atomic E-state index is -4.46. The van der Waals surface area contributed by atoms with E-state index < -0.39 is 11.7 Å².